The van der Waals surface area contributed by atoms with E-state index in [4.69, 9.17) is 18.9 Å². The fraction of sp³-hybridized carbons (Fsp3) is 0.130. The molecule has 2 aliphatic rings. The lowest BCUT2D eigenvalue weighted by atomic mass is 10.1. The van der Waals surface area contributed by atoms with E-state index in [-0.39, 0.29) is 0 Å². The third kappa shape index (κ3) is 10.6. The monoisotopic (exact) mass is 652 g/mol. The van der Waals surface area contributed by atoms with Crippen molar-refractivity contribution in [3.05, 3.63) is 202 Å². The van der Waals surface area contributed by atoms with Crippen molar-refractivity contribution < 1.29 is 18.9 Å². The van der Waals surface area contributed by atoms with Gasteiger partial charge in [0.25, 0.3) is 0 Å². The first-order valence-electron chi connectivity index (χ1n) is 16.5. The van der Waals surface area contributed by atoms with Gasteiger partial charge in [-0.3, -0.25) is 0 Å². The van der Waals surface area contributed by atoms with E-state index < -0.39 is 0 Å². The average Bonchev–Trinajstić information content (AvgIpc) is 3.89. The fourth-order valence-corrected chi connectivity index (χ4v) is 4.89. The molecule has 4 heteroatoms. The zero-order chi connectivity index (χ0) is 34.1. The van der Waals surface area contributed by atoms with Crippen LogP contribution in [0, 0.1) is 23.7 Å². The van der Waals surface area contributed by atoms with E-state index >= 15 is 0 Å². The largest absolute Gasteiger partial charge is 0.488 e. The van der Waals surface area contributed by atoms with Crippen molar-refractivity contribution in [3.8, 4) is 35.2 Å². The van der Waals surface area contributed by atoms with E-state index in [2.05, 4.69) is 83.7 Å². The van der Waals surface area contributed by atoms with Crippen molar-refractivity contribution in [2.45, 2.75) is 26.4 Å². The lowest BCUT2D eigenvalue weighted by Gasteiger charge is -2.09. The molecule has 0 radical (unpaired) electrons. The number of rotatable bonds is 14. The smallest absolute Gasteiger partial charge is 0.135 e. The van der Waals surface area contributed by atoms with E-state index in [1.807, 2.05) is 97.1 Å². The molecular formula is C46H36O4. The van der Waals surface area contributed by atoms with Gasteiger partial charge in [0.2, 0.25) is 0 Å². The average molecular weight is 653 g/mol. The SMILES string of the molecule is C1=CC=CC=1C#Cc1ccccc1OCc1ccc(COC/C=C\COCc2ccc(COc3ccccc3C#CC3=C=CC=C3)cc2)cc1. The summed E-state index contributed by atoms with van der Waals surface area (Å²) in [5, 5.41) is 0. The molecule has 0 bridgehead atoms. The second-order valence-corrected chi connectivity index (χ2v) is 11.4. The number of benzene rings is 4. The Morgan fingerprint density at radius 2 is 0.860 bits per heavy atom. The van der Waals surface area contributed by atoms with Gasteiger partial charge in [-0.1, -0.05) is 121 Å². The minimum atomic E-state index is 0.463. The molecule has 244 valence electrons. The Labute approximate surface area is 294 Å². The summed E-state index contributed by atoms with van der Waals surface area (Å²) in [5.74, 6) is 14.2. The molecule has 0 N–H and O–H groups in total. The molecule has 0 heterocycles. The Morgan fingerprint density at radius 1 is 0.460 bits per heavy atom. The number of ether oxygens (including phenoxy) is 4. The van der Waals surface area contributed by atoms with Gasteiger partial charge in [-0.15, -0.1) is 11.5 Å². The predicted molar refractivity (Wildman–Crippen MR) is 198 cm³/mol. The lowest BCUT2D eigenvalue weighted by Crippen LogP contribution is -1.99. The van der Waals surface area contributed by atoms with Crippen LogP contribution in [0.1, 0.15) is 33.4 Å². The summed E-state index contributed by atoms with van der Waals surface area (Å²) in [7, 11) is 0. The van der Waals surface area contributed by atoms with Gasteiger partial charge in [0.1, 0.15) is 24.7 Å². The molecule has 6 rings (SSSR count). The third-order valence-corrected chi connectivity index (χ3v) is 7.60. The predicted octanol–water partition coefficient (Wildman–Crippen LogP) is 9.14. The van der Waals surface area contributed by atoms with Crippen LogP contribution in [0.15, 0.2) is 168 Å². The van der Waals surface area contributed by atoms with Gasteiger partial charge < -0.3 is 18.9 Å². The Morgan fingerprint density at radius 3 is 1.26 bits per heavy atom. The van der Waals surface area contributed by atoms with E-state index in [9.17, 15) is 0 Å². The first-order chi connectivity index (χ1) is 24.8. The third-order valence-electron chi connectivity index (χ3n) is 7.60. The lowest BCUT2D eigenvalue weighted by molar-refractivity contribution is 0.140. The minimum absolute atomic E-state index is 0.463. The molecule has 0 spiro atoms. The molecule has 0 amide bonds. The number of hydrogen-bond donors (Lipinski definition) is 0. The Balaban J connectivity index is 0.851. The number of allylic oxidation sites excluding steroid dienone is 6. The van der Waals surface area contributed by atoms with Crippen LogP contribution < -0.4 is 9.47 Å². The van der Waals surface area contributed by atoms with Crippen molar-refractivity contribution >= 4 is 0 Å². The summed E-state index contributed by atoms with van der Waals surface area (Å²) >= 11 is 0. The Bertz CT molecular complexity index is 1970. The molecule has 0 atom stereocenters. The van der Waals surface area contributed by atoms with Crippen LogP contribution in [-0.4, -0.2) is 13.2 Å². The van der Waals surface area contributed by atoms with Gasteiger partial charge in [0.05, 0.1) is 48.7 Å². The first-order valence-corrected chi connectivity index (χ1v) is 16.5. The van der Waals surface area contributed by atoms with Crippen molar-refractivity contribution in [3.63, 3.8) is 0 Å². The Hall–Kier alpha value is -6.22. The maximum Gasteiger partial charge on any atom is 0.135 e. The van der Waals surface area contributed by atoms with Gasteiger partial charge in [-0.05, 0) is 70.8 Å². The zero-order valence-electron chi connectivity index (χ0n) is 27.7. The highest BCUT2D eigenvalue weighted by Crippen LogP contribution is 2.20. The van der Waals surface area contributed by atoms with Crippen LogP contribution in [0.5, 0.6) is 11.5 Å². The maximum absolute atomic E-state index is 6.08. The minimum Gasteiger partial charge on any atom is -0.488 e. The van der Waals surface area contributed by atoms with E-state index in [1.165, 1.54) is 0 Å². The van der Waals surface area contributed by atoms with Crippen LogP contribution in [0.2, 0.25) is 0 Å². The normalized spacial score (nSPS) is 12.3. The molecule has 0 saturated heterocycles. The molecule has 0 fully saturated rings. The zero-order valence-corrected chi connectivity index (χ0v) is 27.7. The summed E-state index contributed by atoms with van der Waals surface area (Å²) in [6, 6.07) is 32.2. The van der Waals surface area contributed by atoms with Crippen molar-refractivity contribution in [2.75, 3.05) is 13.2 Å². The van der Waals surface area contributed by atoms with Crippen LogP contribution in [0.4, 0.5) is 0 Å². The van der Waals surface area contributed by atoms with Gasteiger partial charge >= 0.3 is 0 Å². The van der Waals surface area contributed by atoms with Crippen LogP contribution in [0.3, 0.4) is 0 Å². The molecule has 4 nitrogen and oxygen atoms in total. The topological polar surface area (TPSA) is 36.9 Å². The van der Waals surface area contributed by atoms with E-state index in [1.54, 1.807) is 0 Å². The molecule has 0 unspecified atom stereocenters. The van der Waals surface area contributed by atoms with E-state index in [0.29, 0.717) is 39.6 Å². The molecular weight excluding hydrogens is 617 g/mol. The second-order valence-electron chi connectivity index (χ2n) is 11.4. The van der Waals surface area contributed by atoms with E-state index in [0.717, 1.165) is 56.0 Å². The molecule has 0 saturated carbocycles. The highest BCUT2D eigenvalue weighted by Gasteiger charge is 2.04. The summed E-state index contributed by atoms with van der Waals surface area (Å²) in [6.45, 7) is 3.03. The van der Waals surface area contributed by atoms with Crippen molar-refractivity contribution in [1.29, 1.82) is 0 Å². The van der Waals surface area contributed by atoms with Crippen LogP contribution >= 0.6 is 0 Å². The first kappa shape index (κ1) is 33.7. The van der Waals surface area contributed by atoms with Crippen molar-refractivity contribution in [2.24, 2.45) is 0 Å². The molecule has 2 aliphatic carbocycles. The molecule has 0 aromatic heterocycles. The highest BCUT2D eigenvalue weighted by molar-refractivity contribution is 5.53. The van der Waals surface area contributed by atoms with Gasteiger partial charge in [-0.25, -0.2) is 0 Å². The maximum atomic E-state index is 6.08. The second kappa shape index (κ2) is 18.4. The fourth-order valence-electron chi connectivity index (χ4n) is 4.89. The molecule has 4 aromatic carbocycles. The number of hydrogen-bond acceptors (Lipinski definition) is 4. The van der Waals surface area contributed by atoms with Gasteiger partial charge in [-0.2, -0.15) is 0 Å². The highest BCUT2D eigenvalue weighted by atomic mass is 16.5. The van der Waals surface area contributed by atoms with Crippen LogP contribution in [-0.2, 0) is 35.9 Å². The summed E-state index contributed by atoms with van der Waals surface area (Å²) in [6.07, 6.45) is 15.4. The quantitative estimate of drug-likeness (QED) is 0.0589. The summed E-state index contributed by atoms with van der Waals surface area (Å²) in [4.78, 5) is 0. The van der Waals surface area contributed by atoms with Gasteiger partial charge in [0.15, 0.2) is 0 Å². The molecule has 0 aliphatic heterocycles. The standard InChI is InChI=1S/C46H36O4/c1-2-12-37(11-1)27-29-43-15-5-7-17-45(43)49-35-41-23-19-39(20-24-41)33-47-31-9-10-32-48-34-40-21-25-42(26-22-40)36-50-46-18-8-6-16-44(46)30-28-38-13-3-4-14-38/h1-11,13,15-26H,31-36H2/b10-9-. The Kier molecular flexibility index (Phi) is 12.4. The number of para-hydroxylation sites is 2. The summed E-state index contributed by atoms with van der Waals surface area (Å²) < 4.78 is 23.8. The van der Waals surface area contributed by atoms with Crippen molar-refractivity contribution in [1.82, 2.24) is 0 Å². The molecule has 50 heavy (non-hydrogen) atoms. The summed E-state index contributed by atoms with van der Waals surface area (Å²) in [5.41, 5.74) is 14.0. The van der Waals surface area contributed by atoms with Crippen LogP contribution in [0.25, 0.3) is 0 Å². The molecule has 4 aromatic rings. The van der Waals surface area contributed by atoms with Gasteiger partial charge in [0, 0.05) is 0 Å².